The first kappa shape index (κ1) is 15.6. The number of fused-ring (bicyclic) bond motifs is 1. The Kier molecular flexibility index (Phi) is 4.99. The van der Waals surface area contributed by atoms with Crippen LogP contribution in [0.3, 0.4) is 0 Å². The molecule has 1 amide bonds. The van der Waals surface area contributed by atoms with Gasteiger partial charge in [0.15, 0.2) is 0 Å². The highest BCUT2D eigenvalue weighted by molar-refractivity contribution is 8.00. The van der Waals surface area contributed by atoms with Gasteiger partial charge in [-0.3, -0.25) is 4.79 Å². The molecule has 0 fully saturated rings. The second-order valence-corrected chi connectivity index (χ2v) is 6.89. The summed E-state index contributed by atoms with van der Waals surface area (Å²) in [5.74, 6) is 0.0620. The monoisotopic (exact) mass is 321 g/mol. The average Bonchev–Trinajstić information content (AvgIpc) is 2.60. The highest BCUT2D eigenvalue weighted by Gasteiger charge is 2.14. The van der Waals surface area contributed by atoms with E-state index in [1.807, 2.05) is 49.4 Å². The van der Waals surface area contributed by atoms with E-state index in [2.05, 4.69) is 35.6 Å². The summed E-state index contributed by atoms with van der Waals surface area (Å²) in [6.07, 6.45) is 0. The summed E-state index contributed by atoms with van der Waals surface area (Å²) in [7, 11) is 0. The highest BCUT2D eigenvalue weighted by atomic mass is 32.2. The van der Waals surface area contributed by atoms with E-state index in [4.69, 9.17) is 0 Å². The normalized spacial score (nSPS) is 12.0. The first-order valence-electron chi connectivity index (χ1n) is 7.69. The number of hydrogen-bond acceptors (Lipinski definition) is 2. The maximum atomic E-state index is 12.3. The molecule has 1 N–H and O–H groups in total. The highest BCUT2D eigenvalue weighted by Crippen LogP contribution is 2.27. The van der Waals surface area contributed by atoms with Crippen LogP contribution in [0.25, 0.3) is 10.8 Å². The molecule has 0 aliphatic carbocycles. The van der Waals surface area contributed by atoms with E-state index in [1.165, 1.54) is 10.8 Å². The molecule has 0 radical (unpaired) electrons. The first-order valence-corrected chi connectivity index (χ1v) is 8.57. The van der Waals surface area contributed by atoms with Crippen LogP contribution in [0.1, 0.15) is 12.5 Å². The van der Waals surface area contributed by atoms with Crippen molar-refractivity contribution in [3.05, 3.63) is 78.4 Å². The van der Waals surface area contributed by atoms with Crippen molar-refractivity contribution in [2.75, 3.05) is 0 Å². The van der Waals surface area contributed by atoms with Gasteiger partial charge in [0.25, 0.3) is 0 Å². The fourth-order valence-electron chi connectivity index (χ4n) is 2.43. The van der Waals surface area contributed by atoms with Gasteiger partial charge in [-0.25, -0.2) is 0 Å². The third-order valence-corrected chi connectivity index (χ3v) is 4.81. The summed E-state index contributed by atoms with van der Waals surface area (Å²) in [6.45, 7) is 2.52. The molecular formula is C20H19NOS. The van der Waals surface area contributed by atoms with Crippen LogP contribution in [-0.2, 0) is 11.3 Å². The summed E-state index contributed by atoms with van der Waals surface area (Å²) in [5.41, 5.74) is 1.11. The van der Waals surface area contributed by atoms with Crippen molar-refractivity contribution in [1.82, 2.24) is 5.32 Å². The third-order valence-electron chi connectivity index (χ3n) is 3.71. The Bertz CT molecular complexity index is 801. The van der Waals surface area contributed by atoms with Crippen molar-refractivity contribution in [2.24, 2.45) is 0 Å². The van der Waals surface area contributed by atoms with Crippen LogP contribution in [0.5, 0.6) is 0 Å². The molecule has 1 unspecified atom stereocenters. The minimum Gasteiger partial charge on any atom is -0.351 e. The maximum absolute atomic E-state index is 12.3. The molecule has 0 saturated carbocycles. The van der Waals surface area contributed by atoms with Crippen molar-refractivity contribution in [3.63, 3.8) is 0 Å². The number of carbonyl (C=O) groups excluding carboxylic acids is 1. The van der Waals surface area contributed by atoms with Crippen LogP contribution in [0.2, 0.25) is 0 Å². The molecule has 3 aromatic carbocycles. The van der Waals surface area contributed by atoms with Crippen LogP contribution in [0.4, 0.5) is 0 Å². The molecule has 116 valence electrons. The van der Waals surface area contributed by atoms with Gasteiger partial charge in [0.05, 0.1) is 5.25 Å². The predicted molar refractivity (Wildman–Crippen MR) is 97.6 cm³/mol. The van der Waals surface area contributed by atoms with Gasteiger partial charge in [-0.05, 0) is 35.4 Å². The molecule has 0 aromatic heterocycles. The lowest BCUT2D eigenvalue weighted by molar-refractivity contribution is -0.120. The van der Waals surface area contributed by atoms with Crippen LogP contribution >= 0.6 is 11.8 Å². The molecule has 3 heteroatoms. The molecule has 0 bridgehead atoms. The van der Waals surface area contributed by atoms with Crippen LogP contribution < -0.4 is 5.32 Å². The fourth-order valence-corrected chi connectivity index (χ4v) is 3.37. The molecular weight excluding hydrogens is 302 g/mol. The van der Waals surface area contributed by atoms with Gasteiger partial charge in [-0.2, -0.15) is 0 Å². The van der Waals surface area contributed by atoms with Gasteiger partial charge in [0.1, 0.15) is 0 Å². The molecule has 23 heavy (non-hydrogen) atoms. The van der Waals surface area contributed by atoms with Crippen molar-refractivity contribution in [3.8, 4) is 0 Å². The van der Waals surface area contributed by atoms with Crippen molar-refractivity contribution >= 4 is 28.4 Å². The Labute approximate surface area is 140 Å². The number of carbonyl (C=O) groups is 1. The SMILES string of the molecule is CC(Sc1ccc2ccccc2c1)C(=O)NCc1ccccc1. The minimum atomic E-state index is -0.125. The molecule has 3 aromatic rings. The number of nitrogens with one attached hydrogen (secondary N) is 1. The zero-order valence-electron chi connectivity index (χ0n) is 13.0. The van der Waals surface area contributed by atoms with Crippen LogP contribution in [0.15, 0.2) is 77.7 Å². The Morgan fingerprint density at radius 3 is 2.43 bits per heavy atom. The molecule has 3 rings (SSSR count). The van der Waals surface area contributed by atoms with Gasteiger partial charge in [-0.1, -0.05) is 60.7 Å². The van der Waals surface area contributed by atoms with E-state index in [9.17, 15) is 4.79 Å². The molecule has 0 aliphatic heterocycles. The molecule has 1 atom stereocenters. The van der Waals surface area contributed by atoms with Gasteiger partial charge in [0.2, 0.25) is 5.91 Å². The Hall–Kier alpha value is -2.26. The van der Waals surface area contributed by atoms with Crippen LogP contribution in [-0.4, -0.2) is 11.2 Å². The predicted octanol–water partition coefficient (Wildman–Crippen LogP) is 4.64. The topological polar surface area (TPSA) is 29.1 Å². The van der Waals surface area contributed by atoms with Gasteiger partial charge in [-0.15, -0.1) is 11.8 Å². The molecule has 0 saturated heterocycles. The van der Waals surface area contributed by atoms with E-state index in [1.54, 1.807) is 11.8 Å². The van der Waals surface area contributed by atoms with Gasteiger partial charge < -0.3 is 5.32 Å². The number of benzene rings is 3. The lowest BCUT2D eigenvalue weighted by Crippen LogP contribution is -2.30. The van der Waals surface area contributed by atoms with Crippen molar-refractivity contribution in [2.45, 2.75) is 23.6 Å². The number of amides is 1. The van der Waals surface area contributed by atoms with Crippen LogP contribution in [0, 0.1) is 0 Å². The zero-order valence-corrected chi connectivity index (χ0v) is 13.8. The van der Waals surface area contributed by atoms with E-state index in [0.29, 0.717) is 6.54 Å². The van der Waals surface area contributed by atoms with Gasteiger partial charge in [0, 0.05) is 11.4 Å². The summed E-state index contributed by atoms with van der Waals surface area (Å²) in [6, 6.07) is 24.6. The summed E-state index contributed by atoms with van der Waals surface area (Å²) in [5, 5.41) is 5.29. The second-order valence-electron chi connectivity index (χ2n) is 5.47. The number of thioether (sulfide) groups is 1. The average molecular weight is 321 g/mol. The summed E-state index contributed by atoms with van der Waals surface area (Å²) >= 11 is 1.59. The largest absolute Gasteiger partial charge is 0.351 e. The zero-order chi connectivity index (χ0) is 16.1. The number of hydrogen-bond donors (Lipinski definition) is 1. The van der Waals surface area contributed by atoms with E-state index < -0.39 is 0 Å². The van der Waals surface area contributed by atoms with Crippen molar-refractivity contribution < 1.29 is 4.79 Å². The molecule has 0 aliphatic rings. The van der Waals surface area contributed by atoms with E-state index >= 15 is 0 Å². The standard InChI is InChI=1S/C20H19NOS/c1-15(20(22)21-14-16-7-3-2-4-8-16)23-19-12-11-17-9-5-6-10-18(17)13-19/h2-13,15H,14H2,1H3,(H,21,22). The summed E-state index contributed by atoms with van der Waals surface area (Å²) in [4.78, 5) is 13.4. The lowest BCUT2D eigenvalue weighted by atomic mass is 10.1. The molecule has 0 spiro atoms. The third kappa shape index (κ3) is 4.14. The molecule has 2 nitrogen and oxygen atoms in total. The molecule has 0 heterocycles. The van der Waals surface area contributed by atoms with Gasteiger partial charge >= 0.3 is 0 Å². The van der Waals surface area contributed by atoms with E-state index in [-0.39, 0.29) is 11.2 Å². The van der Waals surface area contributed by atoms with Crippen molar-refractivity contribution in [1.29, 1.82) is 0 Å². The lowest BCUT2D eigenvalue weighted by Gasteiger charge is -2.12. The fraction of sp³-hybridized carbons (Fsp3) is 0.150. The smallest absolute Gasteiger partial charge is 0.233 e. The first-order chi connectivity index (χ1) is 11.2. The quantitative estimate of drug-likeness (QED) is 0.694. The Balaban J connectivity index is 1.60. The minimum absolute atomic E-state index is 0.0620. The Morgan fingerprint density at radius 1 is 0.957 bits per heavy atom. The second kappa shape index (κ2) is 7.34. The Morgan fingerprint density at radius 2 is 1.65 bits per heavy atom. The maximum Gasteiger partial charge on any atom is 0.233 e. The summed E-state index contributed by atoms with van der Waals surface area (Å²) < 4.78 is 0. The van der Waals surface area contributed by atoms with E-state index in [0.717, 1.165) is 10.5 Å². The number of rotatable bonds is 5.